The number of halogens is 1. The third kappa shape index (κ3) is 6.80. The fourth-order valence-corrected chi connectivity index (χ4v) is 3.76. The monoisotopic (exact) mass is 443 g/mol. The van der Waals surface area contributed by atoms with Crippen molar-refractivity contribution in [3.8, 4) is 0 Å². The van der Waals surface area contributed by atoms with E-state index in [9.17, 15) is 14.4 Å². The Hall–Kier alpha value is -2.90. The lowest BCUT2D eigenvalue weighted by atomic mass is 9.93. The van der Waals surface area contributed by atoms with Gasteiger partial charge >= 0.3 is 5.97 Å². The van der Waals surface area contributed by atoms with E-state index in [1.54, 1.807) is 12.1 Å². The molecule has 0 aromatic heterocycles. The molecule has 3 rings (SSSR count). The normalized spacial score (nSPS) is 16.1. The summed E-state index contributed by atoms with van der Waals surface area (Å²) in [5.74, 6) is -1.61. The zero-order valence-electron chi connectivity index (χ0n) is 17.1. The molecule has 0 unspecified atom stereocenters. The van der Waals surface area contributed by atoms with E-state index in [2.05, 4.69) is 22.0 Å². The molecule has 1 aliphatic rings. The first kappa shape index (κ1) is 22.8. The Kier molecular flexibility index (Phi) is 8.03. The highest BCUT2D eigenvalue weighted by molar-refractivity contribution is 6.30. The summed E-state index contributed by atoms with van der Waals surface area (Å²) in [5, 5.41) is 18.2. The Labute approximate surface area is 186 Å². The maximum absolute atomic E-state index is 12.8. The standard InChI is InChI=1S/C23H26ClN3O4/c24-19-7-5-15(6-8-19)18(12-21(28)25-10-9-22(29)30)14-27-23(31)20-11-16-3-1-2-4-17(16)13-26-20/h1-8,18,20,26H,9-14H2,(H,25,28)(H,27,31)(H,29,30)/t18-,20-/m0/s1. The van der Waals surface area contributed by atoms with E-state index in [-0.39, 0.29) is 49.7 Å². The number of rotatable bonds is 9. The molecule has 1 heterocycles. The molecule has 0 radical (unpaired) electrons. The molecule has 0 saturated carbocycles. The van der Waals surface area contributed by atoms with Gasteiger partial charge in [0.05, 0.1) is 12.5 Å². The van der Waals surface area contributed by atoms with Gasteiger partial charge in [0.25, 0.3) is 0 Å². The van der Waals surface area contributed by atoms with Gasteiger partial charge in [-0.1, -0.05) is 48.0 Å². The zero-order chi connectivity index (χ0) is 22.2. The lowest BCUT2D eigenvalue weighted by Gasteiger charge is -2.26. The van der Waals surface area contributed by atoms with Gasteiger partial charge in [-0.15, -0.1) is 0 Å². The summed E-state index contributed by atoms with van der Waals surface area (Å²) in [7, 11) is 0. The van der Waals surface area contributed by atoms with Gasteiger partial charge < -0.3 is 21.1 Å². The van der Waals surface area contributed by atoms with Gasteiger partial charge in [0, 0.05) is 37.0 Å². The Morgan fingerprint density at radius 1 is 1.06 bits per heavy atom. The fraction of sp³-hybridized carbons (Fsp3) is 0.348. The van der Waals surface area contributed by atoms with Crippen molar-refractivity contribution in [2.45, 2.75) is 37.8 Å². The summed E-state index contributed by atoms with van der Waals surface area (Å²) in [6.45, 7) is 0.993. The molecule has 2 amide bonds. The number of aliphatic carboxylic acids is 1. The average Bonchev–Trinajstić information content (AvgIpc) is 2.76. The van der Waals surface area contributed by atoms with Crippen LogP contribution >= 0.6 is 11.6 Å². The van der Waals surface area contributed by atoms with Crippen molar-refractivity contribution < 1.29 is 19.5 Å². The van der Waals surface area contributed by atoms with Crippen LogP contribution in [-0.2, 0) is 27.3 Å². The lowest BCUT2D eigenvalue weighted by Crippen LogP contribution is -2.48. The summed E-state index contributed by atoms with van der Waals surface area (Å²) in [5.41, 5.74) is 3.23. The number of carbonyl (C=O) groups is 3. The third-order valence-corrected chi connectivity index (χ3v) is 5.61. The summed E-state index contributed by atoms with van der Waals surface area (Å²) < 4.78 is 0. The van der Waals surface area contributed by atoms with Gasteiger partial charge in [-0.3, -0.25) is 14.4 Å². The number of benzene rings is 2. The van der Waals surface area contributed by atoms with Crippen LogP contribution in [0, 0.1) is 0 Å². The molecular weight excluding hydrogens is 418 g/mol. The van der Waals surface area contributed by atoms with Gasteiger partial charge in [-0.05, 0) is 35.2 Å². The Balaban J connectivity index is 1.60. The van der Waals surface area contributed by atoms with Crippen LogP contribution in [0.1, 0.15) is 35.4 Å². The molecule has 164 valence electrons. The Bertz CT molecular complexity index is 933. The molecule has 0 fully saturated rings. The molecule has 7 nitrogen and oxygen atoms in total. The first-order chi connectivity index (χ1) is 14.9. The van der Waals surface area contributed by atoms with Crippen molar-refractivity contribution in [3.63, 3.8) is 0 Å². The first-order valence-electron chi connectivity index (χ1n) is 10.2. The molecule has 0 aliphatic carbocycles. The molecule has 0 bridgehead atoms. The fourth-order valence-electron chi connectivity index (χ4n) is 3.63. The number of carboxylic acid groups (broad SMARTS) is 1. The number of hydrogen-bond acceptors (Lipinski definition) is 4. The van der Waals surface area contributed by atoms with E-state index >= 15 is 0 Å². The molecule has 31 heavy (non-hydrogen) atoms. The lowest BCUT2D eigenvalue weighted by molar-refractivity contribution is -0.137. The van der Waals surface area contributed by atoms with Crippen LogP contribution < -0.4 is 16.0 Å². The van der Waals surface area contributed by atoms with Crippen molar-refractivity contribution in [2.24, 2.45) is 0 Å². The number of carboxylic acids is 1. The van der Waals surface area contributed by atoms with Crippen LogP contribution in [-0.4, -0.2) is 42.0 Å². The van der Waals surface area contributed by atoms with E-state index < -0.39 is 5.97 Å². The SMILES string of the molecule is O=C(O)CCNC(=O)C[C@@H](CNC(=O)[C@@H]1Cc2ccccc2CN1)c1ccc(Cl)cc1. The maximum atomic E-state index is 12.8. The van der Waals surface area contributed by atoms with Crippen LogP contribution in [0.2, 0.25) is 5.02 Å². The first-order valence-corrected chi connectivity index (χ1v) is 10.6. The largest absolute Gasteiger partial charge is 0.481 e. The minimum absolute atomic E-state index is 0.0687. The number of amides is 2. The number of nitrogens with one attached hydrogen (secondary N) is 3. The minimum Gasteiger partial charge on any atom is -0.481 e. The van der Waals surface area contributed by atoms with E-state index in [0.717, 1.165) is 11.1 Å². The predicted molar refractivity (Wildman–Crippen MR) is 118 cm³/mol. The van der Waals surface area contributed by atoms with Gasteiger partial charge in [-0.25, -0.2) is 0 Å². The van der Waals surface area contributed by atoms with Crippen LogP contribution in [0.5, 0.6) is 0 Å². The quantitative estimate of drug-likeness (QED) is 0.475. The molecule has 2 atom stereocenters. The Morgan fingerprint density at radius 2 is 1.77 bits per heavy atom. The molecule has 2 aromatic carbocycles. The second-order valence-electron chi connectivity index (χ2n) is 7.60. The maximum Gasteiger partial charge on any atom is 0.305 e. The van der Waals surface area contributed by atoms with Crippen LogP contribution in [0.4, 0.5) is 0 Å². The summed E-state index contributed by atoms with van der Waals surface area (Å²) >= 11 is 5.98. The van der Waals surface area contributed by atoms with Gasteiger partial charge in [0.2, 0.25) is 11.8 Å². The molecular formula is C23H26ClN3O4. The zero-order valence-corrected chi connectivity index (χ0v) is 17.8. The van der Waals surface area contributed by atoms with Crippen molar-refractivity contribution in [2.75, 3.05) is 13.1 Å². The molecule has 8 heteroatoms. The van der Waals surface area contributed by atoms with Crippen molar-refractivity contribution in [1.29, 1.82) is 0 Å². The number of fused-ring (bicyclic) bond motifs is 1. The van der Waals surface area contributed by atoms with Gasteiger partial charge in [-0.2, -0.15) is 0 Å². The number of hydrogen-bond donors (Lipinski definition) is 4. The van der Waals surface area contributed by atoms with E-state index in [4.69, 9.17) is 16.7 Å². The van der Waals surface area contributed by atoms with E-state index in [0.29, 0.717) is 18.0 Å². The molecule has 0 saturated heterocycles. The topological polar surface area (TPSA) is 108 Å². The highest BCUT2D eigenvalue weighted by Gasteiger charge is 2.25. The smallest absolute Gasteiger partial charge is 0.305 e. The van der Waals surface area contributed by atoms with Crippen LogP contribution in [0.3, 0.4) is 0 Å². The molecule has 4 N–H and O–H groups in total. The third-order valence-electron chi connectivity index (χ3n) is 5.35. The van der Waals surface area contributed by atoms with E-state index in [1.807, 2.05) is 30.3 Å². The highest BCUT2D eigenvalue weighted by atomic mass is 35.5. The van der Waals surface area contributed by atoms with Gasteiger partial charge in [0.15, 0.2) is 0 Å². The minimum atomic E-state index is -0.969. The highest BCUT2D eigenvalue weighted by Crippen LogP contribution is 2.22. The second kappa shape index (κ2) is 10.9. The summed E-state index contributed by atoms with van der Waals surface area (Å²) in [6, 6.07) is 14.9. The second-order valence-corrected chi connectivity index (χ2v) is 8.03. The number of carbonyl (C=O) groups excluding carboxylic acids is 2. The van der Waals surface area contributed by atoms with Crippen LogP contribution in [0.25, 0.3) is 0 Å². The van der Waals surface area contributed by atoms with Crippen LogP contribution in [0.15, 0.2) is 48.5 Å². The predicted octanol–water partition coefficient (Wildman–Crippen LogP) is 2.24. The van der Waals surface area contributed by atoms with Crippen molar-refractivity contribution in [1.82, 2.24) is 16.0 Å². The van der Waals surface area contributed by atoms with Crippen molar-refractivity contribution >= 4 is 29.4 Å². The molecule has 2 aromatic rings. The Morgan fingerprint density at radius 3 is 2.48 bits per heavy atom. The average molecular weight is 444 g/mol. The van der Waals surface area contributed by atoms with Gasteiger partial charge in [0.1, 0.15) is 0 Å². The van der Waals surface area contributed by atoms with Crippen molar-refractivity contribution in [3.05, 3.63) is 70.2 Å². The summed E-state index contributed by atoms with van der Waals surface area (Å²) in [6.07, 6.45) is 0.606. The molecule has 0 spiro atoms. The molecule has 1 aliphatic heterocycles. The van der Waals surface area contributed by atoms with E-state index in [1.165, 1.54) is 5.56 Å². The summed E-state index contributed by atoms with van der Waals surface area (Å²) in [4.78, 5) is 35.7.